The van der Waals surface area contributed by atoms with Crippen molar-refractivity contribution in [3.8, 4) is 6.07 Å². The quantitative estimate of drug-likeness (QED) is 0.805. The van der Waals surface area contributed by atoms with Gasteiger partial charge in [-0.2, -0.15) is 5.26 Å². The molecular formula is C13H13ClN2O3. The van der Waals surface area contributed by atoms with Crippen LogP contribution in [0.25, 0.3) is 0 Å². The second-order valence-electron chi connectivity index (χ2n) is 4.82. The van der Waals surface area contributed by atoms with Crippen LogP contribution in [0.5, 0.6) is 0 Å². The number of nitriles is 1. The average molecular weight is 281 g/mol. The van der Waals surface area contributed by atoms with Crippen LogP contribution in [-0.2, 0) is 10.2 Å². The number of aliphatic hydroxyl groups is 1. The number of carboxylic acids is 1. The first-order chi connectivity index (χ1) is 8.98. The lowest BCUT2D eigenvalue weighted by molar-refractivity contribution is -0.148. The monoisotopic (exact) mass is 280 g/mol. The van der Waals surface area contributed by atoms with Crippen LogP contribution in [0.4, 0.5) is 0 Å². The minimum absolute atomic E-state index is 0.0866. The highest BCUT2D eigenvalue weighted by Crippen LogP contribution is 2.41. The third kappa shape index (κ3) is 2.55. The summed E-state index contributed by atoms with van der Waals surface area (Å²) in [6.45, 7) is 0. The van der Waals surface area contributed by atoms with E-state index in [0.29, 0.717) is 17.1 Å². The first kappa shape index (κ1) is 13.8. The molecule has 6 heteroatoms. The van der Waals surface area contributed by atoms with E-state index in [-0.39, 0.29) is 12.8 Å². The van der Waals surface area contributed by atoms with E-state index in [9.17, 15) is 15.2 Å². The minimum atomic E-state index is -1.08. The number of aliphatic carboxylic acids is 1. The van der Waals surface area contributed by atoms with Crippen molar-refractivity contribution in [3.63, 3.8) is 0 Å². The summed E-state index contributed by atoms with van der Waals surface area (Å²) in [5.41, 5.74) is -0.266. The zero-order valence-corrected chi connectivity index (χ0v) is 10.8. The van der Waals surface area contributed by atoms with E-state index in [2.05, 4.69) is 11.1 Å². The lowest BCUT2D eigenvalue weighted by Gasteiger charge is -2.37. The molecule has 1 fully saturated rings. The Bertz CT molecular complexity index is 526. The van der Waals surface area contributed by atoms with Crippen molar-refractivity contribution in [3.05, 3.63) is 29.0 Å². The Morgan fingerprint density at radius 3 is 2.84 bits per heavy atom. The van der Waals surface area contributed by atoms with Gasteiger partial charge in [-0.3, -0.25) is 4.79 Å². The topological polar surface area (TPSA) is 94.2 Å². The number of rotatable bonds is 2. The summed E-state index contributed by atoms with van der Waals surface area (Å²) in [7, 11) is 0. The molecule has 5 nitrogen and oxygen atoms in total. The molecule has 100 valence electrons. The van der Waals surface area contributed by atoms with Crippen molar-refractivity contribution >= 4 is 17.6 Å². The van der Waals surface area contributed by atoms with Crippen molar-refractivity contribution in [1.29, 1.82) is 5.26 Å². The molecule has 1 heterocycles. The number of aromatic nitrogens is 1. The number of hydrogen-bond donors (Lipinski definition) is 2. The largest absolute Gasteiger partial charge is 0.481 e. The van der Waals surface area contributed by atoms with Crippen LogP contribution in [0, 0.1) is 17.2 Å². The van der Waals surface area contributed by atoms with E-state index in [1.165, 1.54) is 6.20 Å². The van der Waals surface area contributed by atoms with E-state index >= 15 is 0 Å². The summed E-state index contributed by atoms with van der Waals surface area (Å²) in [5, 5.41) is 28.6. The lowest BCUT2D eigenvalue weighted by atomic mass is 9.66. The maximum Gasteiger partial charge on any atom is 0.309 e. The molecule has 1 aromatic rings. The average Bonchev–Trinajstić information content (AvgIpc) is 2.40. The van der Waals surface area contributed by atoms with Gasteiger partial charge in [0.15, 0.2) is 0 Å². The highest BCUT2D eigenvalue weighted by Gasteiger charge is 2.45. The molecule has 0 saturated heterocycles. The number of halogens is 1. The molecule has 0 aliphatic heterocycles. The molecule has 0 aromatic carbocycles. The SMILES string of the molecule is N#CC1(c2ccc(Cl)nc2)CCC(O)C(C(=O)O)C1. The Labute approximate surface area is 115 Å². The Morgan fingerprint density at radius 1 is 1.58 bits per heavy atom. The Hall–Kier alpha value is -1.64. The molecule has 2 N–H and O–H groups in total. The van der Waals surface area contributed by atoms with Crippen molar-refractivity contribution in [2.75, 3.05) is 0 Å². The van der Waals surface area contributed by atoms with Crippen LogP contribution in [0.1, 0.15) is 24.8 Å². The zero-order chi connectivity index (χ0) is 14.0. The maximum absolute atomic E-state index is 11.1. The fourth-order valence-electron chi connectivity index (χ4n) is 2.55. The third-order valence-electron chi connectivity index (χ3n) is 3.71. The molecule has 19 heavy (non-hydrogen) atoms. The number of carboxylic acid groups (broad SMARTS) is 1. The molecule has 3 unspecified atom stereocenters. The van der Waals surface area contributed by atoms with Gasteiger partial charge in [0.05, 0.1) is 23.5 Å². The van der Waals surface area contributed by atoms with Gasteiger partial charge in [-0.25, -0.2) is 4.98 Å². The molecule has 2 rings (SSSR count). The summed E-state index contributed by atoms with van der Waals surface area (Å²) in [4.78, 5) is 15.1. The molecule has 0 amide bonds. The van der Waals surface area contributed by atoms with Gasteiger partial charge in [0.25, 0.3) is 0 Å². The van der Waals surface area contributed by atoms with Crippen LogP contribution in [-0.4, -0.2) is 27.3 Å². The van der Waals surface area contributed by atoms with E-state index in [1.54, 1.807) is 12.1 Å². The van der Waals surface area contributed by atoms with Crippen LogP contribution in [0.3, 0.4) is 0 Å². The smallest absolute Gasteiger partial charge is 0.309 e. The van der Waals surface area contributed by atoms with Crippen molar-refractivity contribution < 1.29 is 15.0 Å². The van der Waals surface area contributed by atoms with Crippen LogP contribution >= 0.6 is 11.6 Å². The maximum atomic E-state index is 11.1. The Kier molecular flexibility index (Phi) is 3.74. The van der Waals surface area contributed by atoms with E-state index in [1.807, 2.05) is 0 Å². The molecule has 0 spiro atoms. The molecule has 3 atom stereocenters. The fraction of sp³-hybridized carbons (Fsp3) is 0.462. The number of aliphatic hydroxyl groups excluding tert-OH is 1. The zero-order valence-electron chi connectivity index (χ0n) is 10.1. The molecule has 0 radical (unpaired) electrons. The van der Waals surface area contributed by atoms with Crippen LogP contribution < -0.4 is 0 Å². The molecule has 1 saturated carbocycles. The lowest BCUT2D eigenvalue weighted by Crippen LogP contribution is -2.42. The summed E-state index contributed by atoms with van der Waals surface area (Å²) in [5.74, 6) is -2.00. The van der Waals surface area contributed by atoms with E-state index in [0.717, 1.165) is 0 Å². The van der Waals surface area contributed by atoms with Gasteiger partial charge in [0, 0.05) is 6.20 Å². The fourth-order valence-corrected chi connectivity index (χ4v) is 2.66. The Balaban J connectivity index is 2.36. The number of pyridine rings is 1. The second-order valence-corrected chi connectivity index (χ2v) is 5.21. The minimum Gasteiger partial charge on any atom is -0.481 e. The molecule has 1 aromatic heterocycles. The third-order valence-corrected chi connectivity index (χ3v) is 3.93. The second kappa shape index (κ2) is 5.16. The van der Waals surface area contributed by atoms with Gasteiger partial charge >= 0.3 is 5.97 Å². The molecular weight excluding hydrogens is 268 g/mol. The first-order valence-corrected chi connectivity index (χ1v) is 6.30. The highest BCUT2D eigenvalue weighted by molar-refractivity contribution is 6.29. The standard InChI is InChI=1S/C13H13ClN2O3/c14-11-2-1-8(6-16-11)13(7-15)4-3-10(17)9(5-13)12(18)19/h1-2,6,9-10,17H,3-5H2,(H,18,19). The predicted octanol–water partition coefficient (Wildman–Crippen LogP) is 1.74. The van der Waals surface area contributed by atoms with Gasteiger partial charge < -0.3 is 10.2 Å². The van der Waals surface area contributed by atoms with Crippen molar-refractivity contribution in [2.45, 2.75) is 30.8 Å². The van der Waals surface area contributed by atoms with Crippen LogP contribution in [0.15, 0.2) is 18.3 Å². The van der Waals surface area contributed by atoms with Crippen molar-refractivity contribution in [1.82, 2.24) is 4.98 Å². The molecule has 0 bridgehead atoms. The van der Waals surface area contributed by atoms with Gasteiger partial charge in [0.2, 0.25) is 0 Å². The van der Waals surface area contributed by atoms with Gasteiger partial charge in [-0.1, -0.05) is 17.7 Å². The summed E-state index contributed by atoms with van der Waals surface area (Å²) in [6.07, 6.45) is 1.38. The number of hydrogen-bond acceptors (Lipinski definition) is 4. The van der Waals surface area contributed by atoms with E-state index < -0.39 is 23.4 Å². The van der Waals surface area contributed by atoms with Gasteiger partial charge in [-0.05, 0) is 30.9 Å². The normalized spacial score (nSPS) is 30.6. The summed E-state index contributed by atoms with van der Waals surface area (Å²) in [6, 6.07) is 5.47. The van der Waals surface area contributed by atoms with Crippen molar-refractivity contribution in [2.24, 2.45) is 5.92 Å². The molecule has 1 aliphatic rings. The van der Waals surface area contributed by atoms with Gasteiger partial charge in [0.1, 0.15) is 5.15 Å². The highest BCUT2D eigenvalue weighted by atomic mass is 35.5. The number of carbonyl (C=O) groups is 1. The molecule has 1 aliphatic carbocycles. The number of nitrogens with zero attached hydrogens (tertiary/aromatic N) is 2. The van der Waals surface area contributed by atoms with Gasteiger partial charge in [-0.15, -0.1) is 0 Å². The summed E-state index contributed by atoms with van der Waals surface area (Å²) >= 11 is 5.71. The Morgan fingerprint density at radius 2 is 2.32 bits per heavy atom. The van der Waals surface area contributed by atoms with Crippen LogP contribution in [0.2, 0.25) is 5.15 Å². The first-order valence-electron chi connectivity index (χ1n) is 5.93. The van der Waals surface area contributed by atoms with E-state index in [4.69, 9.17) is 16.7 Å². The summed E-state index contributed by atoms with van der Waals surface area (Å²) < 4.78 is 0. The predicted molar refractivity (Wildman–Crippen MR) is 67.5 cm³/mol.